The first-order valence-corrected chi connectivity index (χ1v) is 7.16. The van der Waals surface area contributed by atoms with E-state index in [2.05, 4.69) is 5.10 Å². The molecule has 0 saturated carbocycles. The summed E-state index contributed by atoms with van der Waals surface area (Å²) in [7, 11) is -1.99. The van der Waals surface area contributed by atoms with Crippen molar-refractivity contribution in [3.8, 4) is 0 Å². The molecule has 0 amide bonds. The normalized spacial score (nSPS) is 22.2. The molecule has 1 aliphatic heterocycles. The van der Waals surface area contributed by atoms with E-state index in [0.717, 1.165) is 6.42 Å². The van der Waals surface area contributed by atoms with Crippen LogP contribution in [0.2, 0.25) is 5.02 Å². The van der Waals surface area contributed by atoms with Crippen molar-refractivity contribution >= 4 is 21.6 Å². The van der Waals surface area contributed by atoms with Gasteiger partial charge in [0, 0.05) is 20.1 Å². The highest BCUT2D eigenvalue weighted by atomic mass is 35.5. The van der Waals surface area contributed by atoms with Gasteiger partial charge in [0.25, 0.3) is 10.0 Å². The van der Waals surface area contributed by atoms with Gasteiger partial charge in [-0.3, -0.25) is 4.68 Å². The number of hydrogen-bond acceptors (Lipinski definition) is 4. The number of rotatable bonds is 3. The zero-order valence-electron chi connectivity index (χ0n) is 9.50. The van der Waals surface area contributed by atoms with E-state index in [9.17, 15) is 8.42 Å². The number of hydrogen-bond donors (Lipinski definition) is 1. The molecule has 1 aliphatic rings. The van der Waals surface area contributed by atoms with Gasteiger partial charge in [-0.15, -0.1) is 0 Å². The fourth-order valence-electron chi connectivity index (χ4n) is 2.02. The van der Waals surface area contributed by atoms with Crippen molar-refractivity contribution in [2.24, 2.45) is 18.7 Å². The Kier molecular flexibility index (Phi) is 3.44. The molecule has 2 rings (SSSR count). The maximum Gasteiger partial charge on any atom is 0.261 e. The molecule has 2 heterocycles. The second-order valence-corrected chi connectivity index (χ2v) is 6.44. The van der Waals surface area contributed by atoms with Crippen LogP contribution in [-0.2, 0) is 17.1 Å². The van der Waals surface area contributed by atoms with Crippen LogP contribution in [0.15, 0.2) is 11.2 Å². The van der Waals surface area contributed by atoms with Gasteiger partial charge in [0.15, 0.2) is 5.03 Å². The van der Waals surface area contributed by atoms with E-state index < -0.39 is 10.0 Å². The molecular formula is C9H15ClN4O2S. The number of aryl methyl sites for hydroxylation is 1. The van der Waals surface area contributed by atoms with Gasteiger partial charge in [-0.25, -0.2) is 8.42 Å². The third-order valence-electron chi connectivity index (χ3n) is 3.01. The summed E-state index contributed by atoms with van der Waals surface area (Å²) in [5, 5.41) is 4.06. The third-order valence-corrected chi connectivity index (χ3v) is 5.38. The summed E-state index contributed by atoms with van der Waals surface area (Å²) in [6.07, 6.45) is 2.14. The Labute approximate surface area is 105 Å². The lowest BCUT2D eigenvalue weighted by atomic mass is 10.1. The largest absolute Gasteiger partial charge is 0.330 e. The number of nitrogens with two attached hydrogens (primary N) is 1. The second-order valence-electron chi connectivity index (χ2n) is 4.17. The van der Waals surface area contributed by atoms with E-state index in [4.69, 9.17) is 17.3 Å². The molecule has 0 bridgehead atoms. The van der Waals surface area contributed by atoms with Gasteiger partial charge in [0.1, 0.15) is 0 Å². The van der Waals surface area contributed by atoms with Gasteiger partial charge < -0.3 is 5.73 Å². The summed E-state index contributed by atoms with van der Waals surface area (Å²) in [5.41, 5.74) is 5.55. The molecule has 1 aromatic rings. The van der Waals surface area contributed by atoms with E-state index in [1.165, 1.54) is 15.2 Å². The minimum atomic E-state index is -3.55. The molecular weight excluding hydrogens is 264 g/mol. The van der Waals surface area contributed by atoms with E-state index >= 15 is 0 Å². The number of sulfonamides is 1. The van der Waals surface area contributed by atoms with Crippen LogP contribution < -0.4 is 5.73 Å². The van der Waals surface area contributed by atoms with Crippen LogP contribution >= 0.6 is 11.6 Å². The first-order valence-electron chi connectivity index (χ1n) is 5.34. The Hall–Kier alpha value is -0.630. The second kappa shape index (κ2) is 4.56. The predicted octanol–water partition coefficient (Wildman–Crippen LogP) is 0.0428. The zero-order valence-corrected chi connectivity index (χ0v) is 11.1. The average molecular weight is 279 g/mol. The lowest BCUT2D eigenvalue weighted by Gasteiger charge is -2.16. The molecule has 8 heteroatoms. The highest BCUT2D eigenvalue weighted by molar-refractivity contribution is 7.89. The van der Waals surface area contributed by atoms with Crippen LogP contribution in [0.25, 0.3) is 0 Å². The van der Waals surface area contributed by atoms with Crippen LogP contribution in [0, 0.1) is 5.92 Å². The lowest BCUT2D eigenvalue weighted by molar-refractivity contribution is 0.451. The van der Waals surface area contributed by atoms with Crippen molar-refractivity contribution in [3.05, 3.63) is 11.2 Å². The van der Waals surface area contributed by atoms with Crippen molar-refractivity contribution in [2.75, 3.05) is 19.6 Å². The SMILES string of the molecule is Cn1ncc(Cl)c1S(=O)(=O)N1CCC(CN)C1. The maximum atomic E-state index is 12.3. The van der Waals surface area contributed by atoms with Crippen LogP contribution in [-0.4, -0.2) is 42.1 Å². The predicted molar refractivity (Wildman–Crippen MR) is 64.1 cm³/mol. The van der Waals surface area contributed by atoms with Crippen LogP contribution in [0.4, 0.5) is 0 Å². The molecule has 6 nitrogen and oxygen atoms in total. The maximum absolute atomic E-state index is 12.3. The highest BCUT2D eigenvalue weighted by Crippen LogP contribution is 2.27. The van der Waals surface area contributed by atoms with E-state index in [1.807, 2.05) is 0 Å². The Bertz CT molecular complexity index is 494. The smallest absolute Gasteiger partial charge is 0.261 e. The monoisotopic (exact) mass is 278 g/mol. The molecule has 1 aromatic heterocycles. The van der Waals surface area contributed by atoms with Crippen molar-refractivity contribution < 1.29 is 8.42 Å². The van der Waals surface area contributed by atoms with Crippen molar-refractivity contribution in [2.45, 2.75) is 11.4 Å². The van der Waals surface area contributed by atoms with Gasteiger partial charge in [-0.1, -0.05) is 11.6 Å². The molecule has 1 unspecified atom stereocenters. The fraction of sp³-hybridized carbons (Fsp3) is 0.667. The van der Waals surface area contributed by atoms with Crippen LogP contribution in [0.5, 0.6) is 0 Å². The summed E-state index contributed by atoms with van der Waals surface area (Å²) in [5.74, 6) is 0.233. The molecule has 2 N–H and O–H groups in total. The molecule has 1 atom stereocenters. The van der Waals surface area contributed by atoms with Crippen molar-refractivity contribution in [3.63, 3.8) is 0 Å². The summed E-state index contributed by atoms with van der Waals surface area (Å²) in [4.78, 5) is 0. The van der Waals surface area contributed by atoms with Gasteiger partial charge >= 0.3 is 0 Å². The quantitative estimate of drug-likeness (QED) is 0.847. The van der Waals surface area contributed by atoms with Gasteiger partial charge in [0.2, 0.25) is 0 Å². The minimum Gasteiger partial charge on any atom is -0.330 e. The van der Waals surface area contributed by atoms with E-state index in [0.29, 0.717) is 19.6 Å². The molecule has 0 aliphatic carbocycles. The standard InChI is InChI=1S/C9H15ClN4O2S/c1-13-9(8(10)5-12-13)17(15,16)14-3-2-7(4-11)6-14/h5,7H,2-4,6,11H2,1H3. The Morgan fingerprint density at radius 1 is 1.65 bits per heavy atom. The van der Waals surface area contributed by atoms with E-state index in [-0.39, 0.29) is 16.0 Å². The van der Waals surface area contributed by atoms with Crippen LogP contribution in [0.3, 0.4) is 0 Å². The number of halogens is 1. The molecule has 0 spiro atoms. The number of nitrogens with zero attached hydrogens (tertiary/aromatic N) is 3. The van der Waals surface area contributed by atoms with Crippen molar-refractivity contribution in [1.29, 1.82) is 0 Å². The minimum absolute atomic E-state index is 0.0526. The first kappa shape index (κ1) is 12.8. The van der Waals surface area contributed by atoms with E-state index in [1.54, 1.807) is 7.05 Å². The Balaban J connectivity index is 2.32. The molecule has 96 valence electrons. The highest BCUT2D eigenvalue weighted by Gasteiger charge is 2.35. The number of aromatic nitrogens is 2. The van der Waals surface area contributed by atoms with Crippen LogP contribution in [0.1, 0.15) is 6.42 Å². The summed E-state index contributed by atoms with van der Waals surface area (Å²) < 4.78 is 27.4. The van der Waals surface area contributed by atoms with Crippen molar-refractivity contribution in [1.82, 2.24) is 14.1 Å². The third kappa shape index (κ3) is 2.20. The molecule has 1 fully saturated rings. The molecule has 0 aromatic carbocycles. The Morgan fingerprint density at radius 3 is 2.82 bits per heavy atom. The zero-order chi connectivity index (χ0) is 12.6. The average Bonchev–Trinajstić information content (AvgIpc) is 2.85. The summed E-state index contributed by atoms with van der Waals surface area (Å²) in [6.45, 7) is 1.46. The molecule has 0 radical (unpaired) electrons. The van der Waals surface area contributed by atoms with Gasteiger partial charge in [-0.05, 0) is 18.9 Å². The Morgan fingerprint density at radius 2 is 2.35 bits per heavy atom. The fourth-order valence-corrected chi connectivity index (χ4v) is 4.16. The lowest BCUT2D eigenvalue weighted by Crippen LogP contribution is -2.31. The molecule has 1 saturated heterocycles. The van der Waals surface area contributed by atoms with Gasteiger partial charge in [-0.2, -0.15) is 9.40 Å². The topological polar surface area (TPSA) is 81.2 Å². The summed E-state index contributed by atoms with van der Waals surface area (Å²) >= 11 is 5.86. The molecule has 17 heavy (non-hydrogen) atoms. The van der Waals surface area contributed by atoms with Gasteiger partial charge in [0.05, 0.1) is 11.2 Å². The summed E-state index contributed by atoms with van der Waals surface area (Å²) in [6, 6.07) is 0. The first-order chi connectivity index (χ1) is 7.96.